The number of nitrogens with two attached hydrogens (primary N) is 2. The molecule has 0 saturated carbocycles. The second-order valence-electron chi connectivity index (χ2n) is 1.32. The van der Waals surface area contributed by atoms with Crippen LogP contribution < -0.4 is 11.7 Å². The maximum atomic E-state index is 12.0. The Morgan fingerprint density at radius 2 is 2.00 bits per heavy atom. The fraction of sp³-hybridized carbons (Fsp3) is 0. The SMILES string of the molecule is Fc1cncc(Cl)c1.NN. The van der Waals surface area contributed by atoms with Gasteiger partial charge in [-0.25, -0.2) is 4.39 Å². The zero-order valence-corrected chi connectivity index (χ0v) is 5.85. The maximum Gasteiger partial charge on any atom is 0.142 e. The largest absolute Gasteiger partial charge is 0.274 e. The second kappa shape index (κ2) is 5.10. The minimum Gasteiger partial charge on any atom is -0.274 e. The molecular weight excluding hydrogens is 157 g/mol. The van der Waals surface area contributed by atoms with Crippen molar-refractivity contribution in [2.24, 2.45) is 11.7 Å². The van der Waals surface area contributed by atoms with Gasteiger partial charge in [0.15, 0.2) is 0 Å². The highest BCUT2D eigenvalue weighted by Crippen LogP contribution is 2.05. The summed E-state index contributed by atoms with van der Waals surface area (Å²) in [4.78, 5) is 3.48. The molecule has 1 heterocycles. The summed E-state index contributed by atoms with van der Waals surface area (Å²) in [6, 6.07) is 1.20. The van der Waals surface area contributed by atoms with Gasteiger partial charge in [-0.2, -0.15) is 0 Å². The Morgan fingerprint density at radius 1 is 1.40 bits per heavy atom. The third-order valence-corrected chi connectivity index (χ3v) is 0.878. The number of hydrogen-bond donors (Lipinski definition) is 2. The summed E-state index contributed by atoms with van der Waals surface area (Å²) in [5, 5.41) is 0.324. The average molecular weight is 164 g/mol. The highest BCUT2D eigenvalue weighted by molar-refractivity contribution is 6.30. The quantitative estimate of drug-likeness (QED) is 0.437. The normalized spacial score (nSPS) is 8.00. The van der Waals surface area contributed by atoms with Crippen LogP contribution in [0.5, 0.6) is 0 Å². The number of rotatable bonds is 0. The van der Waals surface area contributed by atoms with Gasteiger partial charge in [-0.05, 0) is 6.07 Å². The molecule has 4 N–H and O–H groups in total. The molecule has 0 atom stereocenters. The molecule has 56 valence electrons. The number of halogens is 2. The lowest BCUT2D eigenvalue weighted by atomic mass is 10.5. The van der Waals surface area contributed by atoms with E-state index in [0.717, 1.165) is 6.20 Å². The minimum atomic E-state index is -0.405. The first-order valence-corrected chi connectivity index (χ1v) is 2.76. The van der Waals surface area contributed by atoms with Crippen LogP contribution in [-0.4, -0.2) is 4.98 Å². The fourth-order valence-electron chi connectivity index (χ4n) is 0.386. The first kappa shape index (κ1) is 9.29. The summed E-state index contributed by atoms with van der Waals surface area (Å²) >= 11 is 5.34. The molecule has 0 radical (unpaired) electrons. The Morgan fingerprint density at radius 3 is 2.30 bits per heavy atom. The molecule has 3 nitrogen and oxygen atoms in total. The van der Waals surface area contributed by atoms with Crippen molar-refractivity contribution in [3.05, 3.63) is 29.3 Å². The van der Waals surface area contributed by atoms with Gasteiger partial charge in [0.25, 0.3) is 0 Å². The average Bonchev–Trinajstić information content (AvgIpc) is 1.91. The van der Waals surface area contributed by atoms with Crippen LogP contribution in [0, 0.1) is 5.82 Å². The van der Waals surface area contributed by atoms with Crippen molar-refractivity contribution < 1.29 is 4.39 Å². The first-order valence-electron chi connectivity index (χ1n) is 2.38. The number of pyridine rings is 1. The Balaban J connectivity index is 0.000000371. The molecular formula is C5H7ClFN3. The number of nitrogens with zero attached hydrogens (tertiary/aromatic N) is 1. The molecule has 1 rings (SSSR count). The predicted octanol–water partition coefficient (Wildman–Crippen LogP) is 0.693. The number of aromatic nitrogens is 1. The summed E-state index contributed by atoms with van der Waals surface area (Å²) in [5.74, 6) is 7.59. The molecule has 0 aromatic carbocycles. The molecule has 0 aliphatic carbocycles. The lowest BCUT2D eigenvalue weighted by molar-refractivity contribution is 0.621. The summed E-state index contributed by atoms with van der Waals surface area (Å²) in [6.07, 6.45) is 2.48. The van der Waals surface area contributed by atoms with Gasteiger partial charge in [0.1, 0.15) is 5.82 Å². The van der Waals surface area contributed by atoms with Gasteiger partial charge in [-0.15, -0.1) is 0 Å². The van der Waals surface area contributed by atoms with Crippen LogP contribution in [0.3, 0.4) is 0 Å². The predicted molar refractivity (Wildman–Crippen MR) is 37.6 cm³/mol. The van der Waals surface area contributed by atoms with Crippen LogP contribution >= 0.6 is 11.6 Å². The Labute approximate surface area is 62.8 Å². The van der Waals surface area contributed by atoms with Gasteiger partial charge in [0, 0.05) is 6.20 Å². The van der Waals surface area contributed by atoms with Crippen molar-refractivity contribution in [1.82, 2.24) is 4.98 Å². The highest BCUT2D eigenvalue weighted by atomic mass is 35.5. The van der Waals surface area contributed by atoms with E-state index in [2.05, 4.69) is 16.7 Å². The van der Waals surface area contributed by atoms with E-state index < -0.39 is 5.82 Å². The number of hydrazine groups is 1. The topological polar surface area (TPSA) is 64.9 Å². The van der Waals surface area contributed by atoms with Gasteiger partial charge in [-0.1, -0.05) is 11.6 Å². The van der Waals surface area contributed by atoms with Crippen molar-refractivity contribution >= 4 is 11.6 Å². The van der Waals surface area contributed by atoms with Crippen molar-refractivity contribution in [2.75, 3.05) is 0 Å². The van der Waals surface area contributed by atoms with Crippen molar-refractivity contribution in [3.63, 3.8) is 0 Å². The van der Waals surface area contributed by atoms with E-state index in [1.54, 1.807) is 0 Å². The van der Waals surface area contributed by atoms with Gasteiger partial charge >= 0.3 is 0 Å². The monoisotopic (exact) mass is 163 g/mol. The Kier molecular flexibility index (Phi) is 4.74. The van der Waals surface area contributed by atoms with E-state index in [4.69, 9.17) is 11.6 Å². The molecule has 5 heteroatoms. The molecule has 0 aliphatic heterocycles. The first-order chi connectivity index (χ1) is 4.79. The summed E-state index contributed by atoms with van der Waals surface area (Å²) in [6.45, 7) is 0. The van der Waals surface area contributed by atoms with Crippen LogP contribution in [0.2, 0.25) is 5.02 Å². The lowest BCUT2D eigenvalue weighted by Gasteiger charge is -1.84. The maximum absolute atomic E-state index is 12.0. The van der Waals surface area contributed by atoms with E-state index in [9.17, 15) is 4.39 Å². The molecule has 0 saturated heterocycles. The molecule has 0 spiro atoms. The smallest absolute Gasteiger partial charge is 0.142 e. The van der Waals surface area contributed by atoms with Crippen LogP contribution in [0.15, 0.2) is 18.5 Å². The zero-order chi connectivity index (χ0) is 7.98. The highest BCUT2D eigenvalue weighted by Gasteiger charge is 1.87. The van der Waals surface area contributed by atoms with Crippen LogP contribution in [-0.2, 0) is 0 Å². The Bertz CT molecular complexity index is 177. The van der Waals surface area contributed by atoms with Gasteiger partial charge < -0.3 is 0 Å². The van der Waals surface area contributed by atoms with E-state index in [1.165, 1.54) is 12.3 Å². The third kappa shape index (κ3) is 3.34. The lowest BCUT2D eigenvalue weighted by Crippen LogP contribution is -2.02. The zero-order valence-electron chi connectivity index (χ0n) is 5.09. The molecule has 0 unspecified atom stereocenters. The van der Waals surface area contributed by atoms with Crippen LogP contribution in [0.25, 0.3) is 0 Å². The van der Waals surface area contributed by atoms with E-state index in [-0.39, 0.29) is 0 Å². The summed E-state index contributed by atoms with van der Waals surface area (Å²) in [7, 11) is 0. The van der Waals surface area contributed by atoms with Crippen molar-refractivity contribution in [2.45, 2.75) is 0 Å². The minimum absolute atomic E-state index is 0.324. The van der Waals surface area contributed by atoms with Gasteiger partial charge in [-0.3, -0.25) is 16.7 Å². The third-order valence-electron chi connectivity index (χ3n) is 0.672. The molecule has 0 fully saturated rings. The van der Waals surface area contributed by atoms with Gasteiger partial charge in [0.05, 0.1) is 11.2 Å². The van der Waals surface area contributed by atoms with Crippen LogP contribution in [0.1, 0.15) is 0 Å². The van der Waals surface area contributed by atoms with Gasteiger partial charge in [0.2, 0.25) is 0 Å². The van der Waals surface area contributed by atoms with Crippen molar-refractivity contribution in [1.29, 1.82) is 0 Å². The summed E-state index contributed by atoms with van der Waals surface area (Å²) in [5.41, 5.74) is 0. The molecule has 1 aromatic heterocycles. The van der Waals surface area contributed by atoms with E-state index >= 15 is 0 Å². The Hall–Kier alpha value is -0.710. The van der Waals surface area contributed by atoms with E-state index in [1.807, 2.05) is 0 Å². The second-order valence-corrected chi connectivity index (χ2v) is 1.76. The molecule has 0 bridgehead atoms. The molecule has 0 aliphatic rings. The fourth-order valence-corrected chi connectivity index (χ4v) is 0.547. The van der Waals surface area contributed by atoms with Crippen molar-refractivity contribution in [3.8, 4) is 0 Å². The van der Waals surface area contributed by atoms with E-state index in [0.29, 0.717) is 5.02 Å². The van der Waals surface area contributed by atoms with Crippen LogP contribution in [0.4, 0.5) is 4.39 Å². The molecule has 10 heavy (non-hydrogen) atoms. The standard InChI is InChI=1S/C5H3ClFN.H4N2/c6-4-1-5(7)3-8-2-4;1-2/h1-3H;1-2H2. The molecule has 0 amide bonds. The summed E-state index contributed by atoms with van der Waals surface area (Å²) < 4.78 is 12.0. The molecule has 1 aromatic rings. The number of hydrogen-bond acceptors (Lipinski definition) is 3.